The Kier molecular flexibility index (Phi) is 5.15. The predicted molar refractivity (Wildman–Crippen MR) is 93.9 cm³/mol. The number of hydrogen-bond acceptors (Lipinski definition) is 6. The number of aryl methyl sites for hydroxylation is 3. The normalized spacial score (nSPS) is 18.2. The van der Waals surface area contributed by atoms with Crippen LogP contribution in [0, 0.1) is 20.8 Å². The molecule has 1 aromatic carbocycles. The van der Waals surface area contributed by atoms with E-state index >= 15 is 0 Å². The molecular weight excluding hydrogens is 356 g/mol. The molecule has 0 spiro atoms. The lowest BCUT2D eigenvalue weighted by Gasteiger charge is -2.22. The minimum absolute atomic E-state index is 0.0227. The van der Waals surface area contributed by atoms with Gasteiger partial charge in [0.05, 0.1) is 16.2 Å². The molecular formula is C18H22N2O5S. The Bertz CT molecular complexity index is 883. The van der Waals surface area contributed by atoms with Gasteiger partial charge in [0.2, 0.25) is 10.0 Å². The molecule has 8 heteroatoms. The summed E-state index contributed by atoms with van der Waals surface area (Å²) in [7, 11) is -3.74. The number of benzene rings is 1. The van der Waals surface area contributed by atoms with Crippen LogP contribution in [0.5, 0.6) is 0 Å². The number of nitrogens with zero attached hydrogens (tertiary/aromatic N) is 2. The van der Waals surface area contributed by atoms with Gasteiger partial charge in [-0.2, -0.15) is 4.31 Å². The predicted octanol–water partition coefficient (Wildman–Crippen LogP) is 2.50. The highest BCUT2D eigenvalue weighted by Crippen LogP contribution is 2.27. The summed E-state index contributed by atoms with van der Waals surface area (Å²) in [6.45, 7) is 5.73. The highest BCUT2D eigenvalue weighted by Gasteiger charge is 2.40. The molecule has 0 saturated carbocycles. The van der Waals surface area contributed by atoms with Gasteiger partial charge < -0.3 is 9.26 Å². The van der Waals surface area contributed by atoms with E-state index in [1.807, 2.05) is 6.92 Å². The van der Waals surface area contributed by atoms with Crippen LogP contribution in [0.15, 0.2) is 33.7 Å². The molecule has 0 bridgehead atoms. The maximum absolute atomic E-state index is 12.9. The van der Waals surface area contributed by atoms with Gasteiger partial charge in [-0.15, -0.1) is 0 Å². The number of sulfonamides is 1. The zero-order valence-corrected chi connectivity index (χ0v) is 15.9. The van der Waals surface area contributed by atoms with Crippen molar-refractivity contribution in [2.45, 2.75) is 51.2 Å². The Labute approximate surface area is 153 Å². The largest absolute Gasteiger partial charge is 0.459 e. The second kappa shape index (κ2) is 7.20. The summed E-state index contributed by atoms with van der Waals surface area (Å²) >= 11 is 0. The number of aromatic nitrogens is 1. The first kappa shape index (κ1) is 18.6. The van der Waals surface area contributed by atoms with Gasteiger partial charge in [-0.05, 0) is 45.7 Å². The monoisotopic (exact) mass is 378 g/mol. The van der Waals surface area contributed by atoms with Gasteiger partial charge in [0.1, 0.15) is 18.4 Å². The first-order valence-electron chi connectivity index (χ1n) is 8.47. The van der Waals surface area contributed by atoms with Gasteiger partial charge in [-0.25, -0.2) is 8.42 Å². The molecule has 3 rings (SSSR count). The van der Waals surface area contributed by atoms with E-state index < -0.39 is 22.0 Å². The maximum atomic E-state index is 12.9. The summed E-state index contributed by atoms with van der Waals surface area (Å²) in [5.41, 5.74) is 2.34. The topological polar surface area (TPSA) is 89.7 Å². The lowest BCUT2D eigenvalue weighted by molar-refractivity contribution is -0.148. The van der Waals surface area contributed by atoms with E-state index in [0.717, 1.165) is 5.56 Å². The second-order valence-corrected chi connectivity index (χ2v) is 8.39. The summed E-state index contributed by atoms with van der Waals surface area (Å²) in [5, 5.41) is 3.82. The van der Waals surface area contributed by atoms with Gasteiger partial charge in [-0.3, -0.25) is 4.79 Å². The van der Waals surface area contributed by atoms with Gasteiger partial charge in [-0.1, -0.05) is 22.9 Å². The molecule has 1 aliphatic rings. The van der Waals surface area contributed by atoms with Crippen molar-refractivity contribution in [1.29, 1.82) is 0 Å². The SMILES string of the molecule is Cc1ccc(S(=O)(=O)N2CCC[C@H]2C(=O)OCc2c(C)noc2C)cc1. The van der Waals surface area contributed by atoms with Gasteiger partial charge in [0, 0.05) is 6.54 Å². The maximum Gasteiger partial charge on any atom is 0.324 e. The molecule has 1 aliphatic heterocycles. The lowest BCUT2D eigenvalue weighted by atomic mass is 10.2. The molecule has 1 aromatic heterocycles. The van der Waals surface area contributed by atoms with Crippen LogP contribution in [0.3, 0.4) is 0 Å². The molecule has 2 aromatic rings. The van der Waals surface area contributed by atoms with Crippen LogP contribution >= 0.6 is 0 Å². The van der Waals surface area contributed by atoms with Crippen LogP contribution in [-0.2, 0) is 26.2 Å². The van der Waals surface area contributed by atoms with Crippen LogP contribution in [-0.4, -0.2) is 36.4 Å². The summed E-state index contributed by atoms with van der Waals surface area (Å²) in [6.07, 6.45) is 1.07. The van der Waals surface area contributed by atoms with Gasteiger partial charge in [0.25, 0.3) is 0 Å². The van der Waals surface area contributed by atoms with E-state index in [1.54, 1.807) is 38.1 Å². The van der Waals surface area contributed by atoms with E-state index in [-0.39, 0.29) is 11.5 Å². The van der Waals surface area contributed by atoms with E-state index in [4.69, 9.17) is 9.26 Å². The first-order chi connectivity index (χ1) is 12.3. The Morgan fingerprint density at radius 1 is 1.27 bits per heavy atom. The molecule has 2 heterocycles. The van der Waals surface area contributed by atoms with Crippen LogP contribution in [0.4, 0.5) is 0 Å². The second-order valence-electron chi connectivity index (χ2n) is 6.50. The van der Waals surface area contributed by atoms with Crippen molar-refractivity contribution in [2.24, 2.45) is 0 Å². The zero-order chi connectivity index (χ0) is 18.9. The Morgan fingerprint density at radius 2 is 1.96 bits per heavy atom. The molecule has 26 heavy (non-hydrogen) atoms. The summed E-state index contributed by atoms with van der Waals surface area (Å²) in [5.74, 6) is 0.0454. The first-order valence-corrected chi connectivity index (χ1v) is 9.91. The highest BCUT2D eigenvalue weighted by molar-refractivity contribution is 7.89. The van der Waals surface area contributed by atoms with Crippen molar-refractivity contribution in [3.8, 4) is 0 Å². The number of hydrogen-bond donors (Lipinski definition) is 0. The molecule has 0 N–H and O–H groups in total. The standard InChI is InChI=1S/C18H22N2O5S/c1-12-6-8-15(9-7-12)26(22,23)20-10-4-5-17(20)18(21)24-11-16-13(2)19-25-14(16)3/h6-9,17H,4-5,10-11H2,1-3H3/t17-/m0/s1. The molecule has 0 amide bonds. The number of rotatable bonds is 5. The molecule has 1 fully saturated rings. The van der Waals surface area contributed by atoms with E-state index in [0.29, 0.717) is 36.4 Å². The fraction of sp³-hybridized carbons (Fsp3) is 0.444. The minimum atomic E-state index is -3.74. The van der Waals surface area contributed by atoms with Crippen molar-refractivity contribution in [2.75, 3.05) is 6.54 Å². The molecule has 1 atom stereocenters. The number of carbonyl (C=O) groups excluding carboxylic acids is 1. The Balaban J connectivity index is 1.75. The van der Waals surface area contributed by atoms with Gasteiger partial charge in [0.15, 0.2) is 0 Å². The van der Waals surface area contributed by atoms with E-state index in [9.17, 15) is 13.2 Å². The number of carbonyl (C=O) groups is 1. The number of ether oxygens (including phenoxy) is 1. The van der Waals surface area contributed by atoms with Crippen LogP contribution in [0.25, 0.3) is 0 Å². The van der Waals surface area contributed by atoms with Crippen LogP contribution < -0.4 is 0 Å². The molecule has 1 saturated heterocycles. The Morgan fingerprint density at radius 3 is 2.58 bits per heavy atom. The summed E-state index contributed by atoms with van der Waals surface area (Å²) in [4.78, 5) is 12.7. The Hall–Kier alpha value is -2.19. The average molecular weight is 378 g/mol. The fourth-order valence-corrected chi connectivity index (χ4v) is 4.70. The third-order valence-corrected chi connectivity index (χ3v) is 6.57. The summed E-state index contributed by atoms with van der Waals surface area (Å²) < 4.78 is 37.4. The van der Waals surface area contributed by atoms with Crippen LogP contribution in [0.1, 0.15) is 35.4 Å². The minimum Gasteiger partial charge on any atom is -0.459 e. The van der Waals surface area contributed by atoms with Crippen LogP contribution in [0.2, 0.25) is 0 Å². The molecule has 0 radical (unpaired) electrons. The highest BCUT2D eigenvalue weighted by atomic mass is 32.2. The van der Waals surface area contributed by atoms with Crippen molar-refractivity contribution in [3.05, 3.63) is 46.8 Å². The van der Waals surface area contributed by atoms with Crippen molar-refractivity contribution >= 4 is 16.0 Å². The third-order valence-electron chi connectivity index (χ3n) is 4.64. The molecule has 0 aliphatic carbocycles. The fourth-order valence-electron chi connectivity index (χ4n) is 3.06. The average Bonchev–Trinajstić information content (AvgIpc) is 3.21. The van der Waals surface area contributed by atoms with E-state index in [1.165, 1.54) is 4.31 Å². The number of esters is 1. The van der Waals surface area contributed by atoms with Crippen molar-refractivity contribution < 1.29 is 22.5 Å². The zero-order valence-electron chi connectivity index (χ0n) is 15.1. The quantitative estimate of drug-likeness (QED) is 0.743. The van der Waals surface area contributed by atoms with Crippen molar-refractivity contribution in [1.82, 2.24) is 9.46 Å². The summed E-state index contributed by atoms with van der Waals surface area (Å²) in [6, 6.07) is 5.81. The van der Waals surface area contributed by atoms with Gasteiger partial charge >= 0.3 is 5.97 Å². The molecule has 7 nitrogen and oxygen atoms in total. The smallest absolute Gasteiger partial charge is 0.324 e. The lowest BCUT2D eigenvalue weighted by Crippen LogP contribution is -2.41. The van der Waals surface area contributed by atoms with E-state index in [2.05, 4.69) is 5.16 Å². The molecule has 140 valence electrons. The van der Waals surface area contributed by atoms with Crippen molar-refractivity contribution in [3.63, 3.8) is 0 Å². The third kappa shape index (κ3) is 3.52. The molecule has 0 unspecified atom stereocenters.